The van der Waals surface area contributed by atoms with Crippen LogP contribution in [0.25, 0.3) is 10.2 Å². The summed E-state index contributed by atoms with van der Waals surface area (Å²) in [7, 11) is 0. The minimum absolute atomic E-state index is 0. The van der Waals surface area contributed by atoms with E-state index in [1.165, 1.54) is 10.4 Å². The van der Waals surface area contributed by atoms with Gasteiger partial charge in [-0.05, 0) is 54.8 Å². The van der Waals surface area contributed by atoms with E-state index in [0.717, 1.165) is 40.8 Å². The van der Waals surface area contributed by atoms with Crippen LogP contribution in [0.1, 0.15) is 34.0 Å². The summed E-state index contributed by atoms with van der Waals surface area (Å²) in [4.78, 5) is 38.4. The average molecular weight is 502 g/mol. The third-order valence-electron chi connectivity index (χ3n) is 5.60. The third kappa shape index (κ3) is 5.29. The monoisotopic (exact) mass is 501 g/mol. The second kappa shape index (κ2) is 10.5. The number of aromatic amines is 1. The molecule has 0 aliphatic heterocycles. The molecule has 1 aliphatic rings. The number of nitrogens with one attached hydrogen (secondary N) is 1. The van der Waals surface area contributed by atoms with E-state index < -0.39 is 0 Å². The summed E-state index contributed by atoms with van der Waals surface area (Å²) in [6.45, 7) is 0.592. The van der Waals surface area contributed by atoms with Crippen LogP contribution in [0.4, 0.5) is 0 Å². The van der Waals surface area contributed by atoms with Crippen LogP contribution in [-0.4, -0.2) is 27.4 Å². The lowest BCUT2D eigenvalue weighted by molar-refractivity contribution is -0.134. The molecule has 4 aromatic rings. The second-order valence-electron chi connectivity index (χ2n) is 7.83. The number of thiophene rings is 2. The molecule has 9 heteroatoms. The van der Waals surface area contributed by atoms with Crippen molar-refractivity contribution in [2.24, 2.45) is 0 Å². The summed E-state index contributed by atoms with van der Waals surface area (Å²) in [5.74, 6) is 0.996. The lowest BCUT2D eigenvalue weighted by Crippen LogP contribution is -2.35. The standard InChI is InChI=1S/C24H23N3O3S2.ClH/c28-21(15-30-16-7-2-1-3-8-16)27(13-17-9-6-12-31-17)14-20-25-23(29)22-18-10-4-5-11-19(18)32-24(22)26-20;/h1-3,6-9,12H,4-5,10-11,13-15H2,(H,25,26,29);1H. The molecule has 0 saturated heterocycles. The molecule has 0 radical (unpaired) electrons. The number of halogens is 1. The van der Waals surface area contributed by atoms with Crippen molar-refractivity contribution < 1.29 is 9.53 Å². The van der Waals surface area contributed by atoms with E-state index in [4.69, 9.17) is 9.72 Å². The average Bonchev–Trinajstić information content (AvgIpc) is 3.45. The summed E-state index contributed by atoms with van der Waals surface area (Å²) < 4.78 is 5.68. The third-order valence-corrected chi connectivity index (χ3v) is 7.65. The maximum Gasteiger partial charge on any atom is 0.261 e. The molecule has 0 fully saturated rings. The van der Waals surface area contributed by atoms with Gasteiger partial charge in [-0.3, -0.25) is 9.59 Å². The molecule has 3 heterocycles. The number of benzene rings is 1. The summed E-state index contributed by atoms with van der Waals surface area (Å²) in [6.07, 6.45) is 4.24. The van der Waals surface area contributed by atoms with E-state index in [2.05, 4.69) is 4.98 Å². The first kappa shape index (κ1) is 23.5. The molecule has 1 amide bonds. The second-order valence-corrected chi connectivity index (χ2v) is 9.95. The van der Waals surface area contributed by atoms with Gasteiger partial charge in [-0.15, -0.1) is 35.1 Å². The first-order chi connectivity index (χ1) is 15.7. The van der Waals surface area contributed by atoms with Gasteiger partial charge in [0.15, 0.2) is 6.61 Å². The zero-order valence-electron chi connectivity index (χ0n) is 17.9. The maximum absolute atomic E-state index is 13.0. The zero-order chi connectivity index (χ0) is 21.9. The Kier molecular flexibility index (Phi) is 7.47. The van der Waals surface area contributed by atoms with Crippen LogP contribution >= 0.6 is 35.1 Å². The number of aryl methyl sites for hydroxylation is 2. The van der Waals surface area contributed by atoms with Gasteiger partial charge in [0.05, 0.1) is 18.5 Å². The predicted octanol–water partition coefficient (Wildman–Crippen LogP) is 4.95. The Balaban J connectivity index is 0.00000259. The molecule has 1 N–H and O–H groups in total. The topological polar surface area (TPSA) is 75.3 Å². The summed E-state index contributed by atoms with van der Waals surface area (Å²) in [6, 6.07) is 13.2. The van der Waals surface area contributed by atoms with Gasteiger partial charge in [0.25, 0.3) is 11.5 Å². The lowest BCUT2D eigenvalue weighted by atomic mass is 9.97. The van der Waals surface area contributed by atoms with Crippen LogP contribution in [0.5, 0.6) is 5.75 Å². The molecular formula is C24H24ClN3O3S2. The van der Waals surface area contributed by atoms with Gasteiger partial charge >= 0.3 is 0 Å². The van der Waals surface area contributed by atoms with Crippen LogP contribution in [0.15, 0.2) is 52.6 Å². The summed E-state index contributed by atoms with van der Waals surface area (Å²) >= 11 is 3.21. The van der Waals surface area contributed by atoms with Crippen LogP contribution in [0.2, 0.25) is 0 Å². The Labute approximate surface area is 205 Å². The van der Waals surface area contributed by atoms with Gasteiger partial charge in [-0.1, -0.05) is 24.3 Å². The quantitative estimate of drug-likeness (QED) is 0.388. The van der Waals surface area contributed by atoms with Gasteiger partial charge in [0, 0.05) is 9.75 Å². The number of carbonyl (C=O) groups excluding carboxylic acids is 1. The van der Waals surface area contributed by atoms with Crippen molar-refractivity contribution in [1.82, 2.24) is 14.9 Å². The molecular weight excluding hydrogens is 478 g/mol. The number of hydrogen-bond donors (Lipinski definition) is 1. The molecule has 0 spiro atoms. The van der Waals surface area contributed by atoms with E-state index >= 15 is 0 Å². The molecule has 1 aliphatic carbocycles. The van der Waals surface area contributed by atoms with E-state index in [1.807, 2.05) is 47.8 Å². The number of ether oxygens (including phenoxy) is 1. The van der Waals surface area contributed by atoms with E-state index in [-0.39, 0.29) is 37.0 Å². The Bertz CT molecular complexity index is 1290. The first-order valence-corrected chi connectivity index (χ1v) is 12.4. The van der Waals surface area contributed by atoms with Gasteiger partial charge in [0.1, 0.15) is 16.4 Å². The van der Waals surface area contributed by atoms with Crippen molar-refractivity contribution in [1.29, 1.82) is 0 Å². The molecule has 0 saturated carbocycles. The highest BCUT2D eigenvalue weighted by Crippen LogP contribution is 2.33. The number of hydrogen-bond acceptors (Lipinski definition) is 6. The van der Waals surface area contributed by atoms with Crippen molar-refractivity contribution in [2.45, 2.75) is 38.8 Å². The summed E-state index contributed by atoms with van der Waals surface area (Å²) in [5.41, 5.74) is 1.06. The number of carbonyl (C=O) groups is 1. The summed E-state index contributed by atoms with van der Waals surface area (Å²) in [5, 5.41) is 2.72. The Morgan fingerprint density at radius 2 is 1.91 bits per heavy atom. The molecule has 33 heavy (non-hydrogen) atoms. The minimum atomic E-state index is -0.157. The maximum atomic E-state index is 13.0. The van der Waals surface area contributed by atoms with Gasteiger partial charge in [-0.2, -0.15) is 0 Å². The molecule has 0 atom stereocenters. The fraction of sp³-hybridized carbons (Fsp3) is 0.292. The highest BCUT2D eigenvalue weighted by Gasteiger charge is 2.22. The van der Waals surface area contributed by atoms with Crippen molar-refractivity contribution in [2.75, 3.05) is 6.61 Å². The minimum Gasteiger partial charge on any atom is -0.484 e. The van der Waals surface area contributed by atoms with Gasteiger partial charge in [0.2, 0.25) is 0 Å². The highest BCUT2D eigenvalue weighted by atomic mass is 35.5. The normalized spacial score (nSPS) is 12.7. The number of amides is 1. The molecule has 0 bridgehead atoms. The van der Waals surface area contributed by atoms with E-state index in [1.54, 1.807) is 27.6 Å². The number of para-hydroxylation sites is 1. The van der Waals surface area contributed by atoms with Crippen molar-refractivity contribution in [3.8, 4) is 5.75 Å². The molecule has 172 valence electrons. The predicted molar refractivity (Wildman–Crippen MR) is 135 cm³/mol. The SMILES string of the molecule is Cl.O=C(COc1ccccc1)N(Cc1nc2sc3c(c2c(=O)[nH]1)CCCC3)Cc1cccs1. The highest BCUT2D eigenvalue weighted by molar-refractivity contribution is 7.18. The van der Waals surface area contributed by atoms with Gasteiger partial charge < -0.3 is 14.6 Å². The number of fused-ring (bicyclic) bond motifs is 3. The number of rotatable bonds is 7. The molecule has 5 rings (SSSR count). The van der Waals surface area contributed by atoms with Crippen molar-refractivity contribution in [3.05, 3.63) is 79.3 Å². The number of nitrogens with zero attached hydrogens (tertiary/aromatic N) is 2. The fourth-order valence-corrected chi connectivity index (χ4v) is 6.04. The number of aromatic nitrogens is 2. The molecule has 0 unspecified atom stereocenters. The fourth-order valence-electron chi connectivity index (χ4n) is 4.04. The van der Waals surface area contributed by atoms with Gasteiger partial charge in [-0.25, -0.2) is 4.98 Å². The largest absolute Gasteiger partial charge is 0.484 e. The van der Waals surface area contributed by atoms with Crippen LogP contribution in [0.3, 0.4) is 0 Å². The zero-order valence-corrected chi connectivity index (χ0v) is 20.4. The van der Waals surface area contributed by atoms with Crippen molar-refractivity contribution >= 4 is 51.2 Å². The van der Waals surface area contributed by atoms with E-state index in [0.29, 0.717) is 18.1 Å². The number of H-pyrrole nitrogens is 1. The molecule has 3 aromatic heterocycles. The first-order valence-electron chi connectivity index (χ1n) is 10.7. The smallest absolute Gasteiger partial charge is 0.261 e. The Morgan fingerprint density at radius 3 is 2.70 bits per heavy atom. The Hall–Kier alpha value is -2.68. The van der Waals surface area contributed by atoms with Crippen molar-refractivity contribution in [3.63, 3.8) is 0 Å². The van der Waals surface area contributed by atoms with Crippen LogP contribution < -0.4 is 10.3 Å². The van der Waals surface area contributed by atoms with E-state index in [9.17, 15) is 9.59 Å². The Morgan fingerprint density at radius 1 is 1.09 bits per heavy atom. The van der Waals surface area contributed by atoms with Crippen LogP contribution in [0, 0.1) is 0 Å². The van der Waals surface area contributed by atoms with Crippen LogP contribution in [-0.2, 0) is 30.7 Å². The molecule has 6 nitrogen and oxygen atoms in total. The molecule has 1 aromatic carbocycles. The lowest BCUT2D eigenvalue weighted by Gasteiger charge is -2.22.